The number of rotatable bonds is 4. The van der Waals surface area contributed by atoms with Crippen LogP contribution in [0.15, 0.2) is 24.3 Å². The van der Waals surface area contributed by atoms with E-state index in [2.05, 4.69) is 4.90 Å². The van der Waals surface area contributed by atoms with Crippen LogP contribution in [0.2, 0.25) is 5.02 Å². The van der Waals surface area contributed by atoms with E-state index in [0.29, 0.717) is 24.7 Å². The first kappa shape index (κ1) is 17.8. The van der Waals surface area contributed by atoms with Gasteiger partial charge in [0.1, 0.15) is 5.41 Å². The Hall–Kier alpha value is -1.59. The van der Waals surface area contributed by atoms with Gasteiger partial charge in [0.25, 0.3) is 0 Å². The zero-order valence-electron chi connectivity index (χ0n) is 14.9. The predicted molar refractivity (Wildman–Crippen MR) is 98.8 cm³/mol. The van der Waals surface area contributed by atoms with Crippen molar-refractivity contribution in [1.29, 1.82) is 0 Å². The molecule has 1 amide bonds. The minimum atomic E-state index is -0.819. The van der Waals surface area contributed by atoms with Crippen molar-refractivity contribution in [2.75, 3.05) is 26.2 Å². The first-order chi connectivity index (χ1) is 12.5. The lowest BCUT2D eigenvalue weighted by Crippen LogP contribution is -2.42. The highest BCUT2D eigenvalue weighted by atomic mass is 35.5. The highest BCUT2D eigenvalue weighted by Crippen LogP contribution is 2.44. The number of hydrogen-bond acceptors (Lipinski definition) is 3. The molecule has 5 nitrogen and oxygen atoms in total. The molecule has 2 heterocycles. The molecular weight excluding hydrogens is 352 g/mol. The van der Waals surface area contributed by atoms with E-state index in [1.165, 1.54) is 0 Å². The van der Waals surface area contributed by atoms with E-state index in [4.69, 9.17) is 11.6 Å². The van der Waals surface area contributed by atoms with Crippen LogP contribution in [0.25, 0.3) is 0 Å². The lowest BCUT2D eigenvalue weighted by molar-refractivity contribution is -0.149. The number of halogens is 1. The molecule has 0 spiro atoms. The van der Waals surface area contributed by atoms with Crippen LogP contribution in [0.5, 0.6) is 0 Å². The lowest BCUT2D eigenvalue weighted by Gasteiger charge is -2.27. The van der Waals surface area contributed by atoms with E-state index in [1.54, 1.807) is 0 Å². The van der Waals surface area contributed by atoms with Gasteiger partial charge in [0.05, 0.1) is 0 Å². The van der Waals surface area contributed by atoms with E-state index in [9.17, 15) is 14.7 Å². The van der Waals surface area contributed by atoms with Crippen molar-refractivity contribution < 1.29 is 14.7 Å². The second-order valence-corrected chi connectivity index (χ2v) is 8.59. The van der Waals surface area contributed by atoms with Crippen LogP contribution >= 0.6 is 11.6 Å². The Balaban J connectivity index is 1.45. The second-order valence-electron chi connectivity index (χ2n) is 8.15. The molecule has 3 fully saturated rings. The van der Waals surface area contributed by atoms with Crippen LogP contribution in [0, 0.1) is 17.3 Å². The zero-order chi connectivity index (χ0) is 18.3. The number of fused-ring (bicyclic) bond motifs is 1. The number of carboxylic acids is 1. The standard InChI is InChI=1S/C20H25ClN2O3/c21-17-7-5-14(6-8-17)9-22-10-16-11-23(13-20(16,12-22)19(25)26)18(24)15-3-1-2-4-15/h5-8,15-16H,1-4,9-13H2,(H,25,26)/t16-,20-/m1/s1. The Morgan fingerprint density at radius 3 is 2.42 bits per heavy atom. The number of amides is 1. The molecule has 140 valence electrons. The number of aliphatic carboxylic acids is 1. The second kappa shape index (κ2) is 6.86. The molecule has 2 atom stereocenters. The summed E-state index contributed by atoms with van der Waals surface area (Å²) in [6.07, 6.45) is 4.16. The summed E-state index contributed by atoms with van der Waals surface area (Å²) in [5.41, 5.74) is 0.314. The maximum Gasteiger partial charge on any atom is 0.313 e. The number of carbonyl (C=O) groups excluding carboxylic acids is 1. The maximum absolute atomic E-state index is 12.8. The van der Waals surface area contributed by atoms with Gasteiger partial charge in [0, 0.05) is 49.6 Å². The molecular formula is C20H25ClN2O3. The largest absolute Gasteiger partial charge is 0.481 e. The summed E-state index contributed by atoms with van der Waals surface area (Å²) in [6, 6.07) is 7.70. The van der Waals surface area contributed by atoms with E-state index in [1.807, 2.05) is 29.2 Å². The van der Waals surface area contributed by atoms with Crippen LogP contribution in [-0.4, -0.2) is 53.0 Å². The molecule has 0 radical (unpaired) electrons. The Labute approximate surface area is 158 Å². The summed E-state index contributed by atoms with van der Waals surface area (Å²) < 4.78 is 0. The minimum Gasteiger partial charge on any atom is -0.481 e. The van der Waals surface area contributed by atoms with Gasteiger partial charge in [0.2, 0.25) is 5.91 Å². The number of nitrogens with zero attached hydrogens (tertiary/aromatic N) is 2. The van der Waals surface area contributed by atoms with Gasteiger partial charge in [-0.2, -0.15) is 0 Å². The van der Waals surface area contributed by atoms with Crippen molar-refractivity contribution in [3.63, 3.8) is 0 Å². The monoisotopic (exact) mass is 376 g/mol. The summed E-state index contributed by atoms with van der Waals surface area (Å²) in [6.45, 7) is 2.89. The molecule has 2 aliphatic heterocycles. The van der Waals surface area contributed by atoms with Crippen molar-refractivity contribution in [1.82, 2.24) is 9.80 Å². The Morgan fingerprint density at radius 1 is 1.12 bits per heavy atom. The Morgan fingerprint density at radius 2 is 1.81 bits per heavy atom. The Kier molecular flexibility index (Phi) is 4.70. The van der Waals surface area contributed by atoms with Crippen molar-refractivity contribution >= 4 is 23.5 Å². The van der Waals surface area contributed by atoms with Crippen molar-refractivity contribution in [2.45, 2.75) is 32.2 Å². The van der Waals surface area contributed by atoms with E-state index < -0.39 is 11.4 Å². The molecule has 0 aromatic heterocycles. The van der Waals surface area contributed by atoms with Gasteiger partial charge in [-0.1, -0.05) is 36.6 Å². The van der Waals surface area contributed by atoms with Gasteiger partial charge in [-0.3, -0.25) is 14.5 Å². The summed E-state index contributed by atoms with van der Waals surface area (Å²) in [4.78, 5) is 29.0. The first-order valence-electron chi connectivity index (χ1n) is 9.47. The lowest BCUT2D eigenvalue weighted by atomic mass is 9.81. The SMILES string of the molecule is O=C(C1CCCC1)N1C[C@H]2CN(Cc3ccc(Cl)cc3)C[C@@]2(C(=O)O)C1. The highest BCUT2D eigenvalue weighted by molar-refractivity contribution is 6.30. The van der Waals surface area contributed by atoms with Crippen LogP contribution in [0.4, 0.5) is 0 Å². The number of carbonyl (C=O) groups is 2. The number of likely N-dealkylation sites (tertiary alicyclic amines) is 2. The smallest absolute Gasteiger partial charge is 0.313 e. The molecule has 1 saturated carbocycles. The van der Waals surface area contributed by atoms with Crippen molar-refractivity contribution in [3.8, 4) is 0 Å². The van der Waals surface area contributed by atoms with Crippen molar-refractivity contribution in [3.05, 3.63) is 34.9 Å². The van der Waals surface area contributed by atoms with Gasteiger partial charge in [-0.25, -0.2) is 0 Å². The molecule has 0 bridgehead atoms. The van der Waals surface area contributed by atoms with Gasteiger partial charge in [0.15, 0.2) is 0 Å². The molecule has 6 heteroatoms. The summed E-state index contributed by atoms with van der Waals surface area (Å²) in [5.74, 6) is -0.452. The number of carboxylic acid groups (broad SMARTS) is 1. The van der Waals surface area contributed by atoms with E-state index >= 15 is 0 Å². The zero-order valence-corrected chi connectivity index (χ0v) is 15.6. The van der Waals surface area contributed by atoms with Crippen LogP contribution in [-0.2, 0) is 16.1 Å². The topological polar surface area (TPSA) is 60.9 Å². The molecule has 1 aliphatic carbocycles. The Bertz CT molecular complexity index is 702. The first-order valence-corrected chi connectivity index (χ1v) is 9.85. The van der Waals surface area contributed by atoms with Crippen LogP contribution in [0.1, 0.15) is 31.2 Å². The fourth-order valence-electron chi connectivity index (χ4n) is 5.04. The molecule has 3 aliphatic rings. The van der Waals surface area contributed by atoms with Gasteiger partial charge < -0.3 is 10.0 Å². The average molecular weight is 377 g/mol. The fourth-order valence-corrected chi connectivity index (χ4v) is 5.17. The summed E-state index contributed by atoms with van der Waals surface area (Å²) >= 11 is 5.94. The predicted octanol–water partition coefficient (Wildman–Crippen LogP) is 2.88. The molecule has 4 rings (SSSR count). The van der Waals surface area contributed by atoms with Gasteiger partial charge in [-0.15, -0.1) is 0 Å². The van der Waals surface area contributed by atoms with Gasteiger partial charge >= 0.3 is 5.97 Å². The average Bonchev–Trinajstić information content (AvgIpc) is 3.30. The van der Waals surface area contributed by atoms with Crippen LogP contribution < -0.4 is 0 Å². The fraction of sp³-hybridized carbons (Fsp3) is 0.600. The summed E-state index contributed by atoms with van der Waals surface area (Å²) in [5, 5.41) is 10.7. The van der Waals surface area contributed by atoms with E-state index in [-0.39, 0.29) is 17.7 Å². The third-order valence-corrected chi connectivity index (χ3v) is 6.69. The molecule has 1 aromatic rings. The maximum atomic E-state index is 12.8. The number of hydrogen-bond donors (Lipinski definition) is 1. The molecule has 2 saturated heterocycles. The quantitative estimate of drug-likeness (QED) is 0.877. The van der Waals surface area contributed by atoms with E-state index in [0.717, 1.165) is 44.3 Å². The summed E-state index contributed by atoms with van der Waals surface area (Å²) in [7, 11) is 0. The van der Waals surface area contributed by atoms with Crippen molar-refractivity contribution in [2.24, 2.45) is 17.3 Å². The molecule has 0 unspecified atom stereocenters. The third-order valence-electron chi connectivity index (χ3n) is 6.44. The molecule has 26 heavy (non-hydrogen) atoms. The highest BCUT2D eigenvalue weighted by Gasteiger charge is 2.58. The van der Waals surface area contributed by atoms with Gasteiger partial charge in [-0.05, 0) is 30.5 Å². The molecule has 1 aromatic carbocycles. The normalized spacial score (nSPS) is 29.3. The van der Waals surface area contributed by atoms with Crippen LogP contribution in [0.3, 0.4) is 0 Å². The number of benzene rings is 1. The molecule has 1 N–H and O–H groups in total. The third kappa shape index (κ3) is 3.12. The minimum absolute atomic E-state index is 0.0117.